The van der Waals surface area contributed by atoms with Gasteiger partial charge in [0.25, 0.3) is 0 Å². The third-order valence-electron chi connectivity index (χ3n) is 5.66. The van der Waals surface area contributed by atoms with Crippen molar-refractivity contribution in [2.75, 3.05) is 0 Å². The monoisotopic (exact) mass is 441 g/mol. The summed E-state index contributed by atoms with van der Waals surface area (Å²) in [6.07, 6.45) is 1.78. The van der Waals surface area contributed by atoms with E-state index < -0.39 is 5.78 Å². The SMILES string of the molecule is CC(C)Oc1ccc(-c2c(/C=C3\Oc4cc(O)cc(O)c4C3=O)c3ccccc3n2C)cc1. The minimum atomic E-state index is -0.429. The second-order valence-electron chi connectivity index (χ2n) is 8.31. The maximum atomic E-state index is 13.0. The van der Waals surface area contributed by atoms with Crippen molar-refractivity contribution in [1.82, 2.24) is 4.57 Å². The van der Waals surface area contributed by atoms with Crippen LogP contribution in [0.1, 0.15) is 29.8 Å². The van der Waals surface area contributed by atoms with E-state index in [2.05, 4.69) is 4.57 Å². The van der Waals surface area contributed by atoms with Gasteiger partial charge in [0.05, 0.1) is 11.8 Å². The number of aromatic hydroxyl groups is 2. The molecule has 1 aliphatic heterocycles. The highest BCUT2D eigenvalue weighted by Crippen LogP contribution is 2.42. The van der Waals surface area contributed by atoms with Crippen molar-refractivity contribution in [3.05, 3.63) is 77.5 Å². The predicted molar refractivity (Wildman–Crippen MR) is 127 cm³/mol. The van der Waals surface area contributed by atoms with E-state index in [1.54, 1.807) is 6.08 Å². The Morgan fingerprint density at radius 2 is 1.76 bits per heavy atom. The van der Waals surface area contributed by atoms with Crippen molar-refractivity contribution < 1.29 is 24.5 Å². The largest absolute Gasteiger partial charge is 0.508 e. The molecule has 0 bridgehead atoms. The summed E-state index contributed by atoms with van der Waals surface area (Å²) in [5.41, 5.74) is 3.76. The van der Waals surface area contributed by atoms with E-state index in [0.717, 1.165) is 39.5 Å². The van der Waals surface area contributed by atoms with Gasteiger partial charge in [0.2, 0.25) is 5.78 Å². The average Bonchev–Trinajstić information content (AvgIpc) is 3.23. The zero-order chi connectivity index (χ0) is 23.3. The van der Waals surface area contributed by atoms with Crippen molar-refractivity contribution in [2.24, 2.45) is 7.05 Å². The zero-order valence-corrected chi connectivity index (χ0v) is 18.5. The molecule has 0 atom stereocenters. The number of hydrogen-bond donors (Lipinski definition) is 2. The molecule has 6 nitrogen and oxygen atoms in total. The first kappa shape index (κ1) is 20.7. The average molecular weight is 441 g/mol. The Labute approximate surface area is 190 Å². The van der Waals surface area contributed by atoms with Gasteiger partial charge in [-0.3, -0.25) is 4.79 Å². The molecule has 1 aromatic heterocycles. The summed E-state index contributed by atoms with van der Waals surface area (Å²) in [4.78, 5) is 13.0. The summed E-state index contributed by atoms with van der Waals surface area (Å²) in [6, 6.07) is 18.2. The number of carbonyl (C=O) groups is 1. The van der Waals surface area contributed by atoms with Gasteiger partial charge in [-0.15, -0.1) is 0 Å². The van der Waals surface area contributed by atoms with Crippen LogP contribution in [0.4, 0.5) is 0 Å². The van der Waals surface area contributed by atoms with Gasteiger partial charge in [-0.2, -0.15) is 0 Å². The number of ketones is 1. The molecule has 1 aliphatic rings. The van der Waals surface area contributed by atoms with Crippen LogP contribution in [0.2, 0.25) is 0 Å². The van der Waals surface area contributed by atoms with Crippen molar-refractivity contribution in [1.29, 1.82) is 0 Å². The van der Waals surface area contributed by atoms with Gasteiger partial charge < -0.3 is 24.3 Å². The second-order valence-corrected chi connectivity index (χ2v) is 8.31. The molecule has 2 heterocycles. The number of hydrogen-bond acceptors (Lipinski definition) is 5. The van der Waals surface area contributed by atoms with Crippen LogP contribution in [0, 0.1) is 0 Å². The van der Waals surface area contributed by atoms with E-state index in [1.165, 1.54) is 6.07 Å². The van der Waals surface area contributed by atoms with Crippen LogP contribution in [0.25, 0.3) is 28.2 Å². The predicted octanol–water partition coefficient (Wildman–Crippen LogP) is 5.66. The van der Waals surface area contributed by atoms with Gasteiger partial charge in [0, 0.05) is 35.6 Å². The molecule has 166 valence electrons. The summed E-state index contributed by atoms with van der Waals surface area (Å²) in [5, 5.41) is 20.9. The number of nitrogens with zero attached hydrogens (tertiary/aromatic N) is 1. The number of para-hydroxylation sites is 1. The fourth-order valence-electron chi connectivity index (χ4n) is 4.29. The lowest BCUT2D eigenvalue weighted by atomic mass is 10.0. The van der Waals surface area contributed by atoms with Gasteiger partial charge in [0.15, 0.2) is 5.76 Å². The summed E-state index contributed by atoms with van der Waals surface area (Å²) in [6.45, 7) is 3.96. The van der Waals surface area contributed by atoms with Crippen LogP contribution in [-0.4, -0.2) is 26.7 Å². The lowest BCUT2D eigenvalue weighted by molar-refractivity contribution is 0.101. The van der Waals surface area contributed by atoms with Crippen molar-refractivity contribution in [3.8, 4) is 34.3 Å². The zero-order valence-electron chi connectivity index (χ0n) is 18.5. The van der Waals surface area contributed by atoms with E-state index in [-0.39, 0.29) is 34.7 Å². The number of benzene rings is 3. The van der Waals surface area contributed by atoms with E-state index in [0.29, 0.717) is 0 Å². The number of carbonyl (C=O) groups excluding carboxylic acids is 1. The van der Waals surface area contributed by atoms with Crippen LogP contribution in [0.3, 0.4) is 0 Å². The smallest absolute Gasteiger partial charge is 0.235 e. The first-order valence-corrected chi connectivity index (χ1v) is 10.7. The molecular weight excluding hydrogens is 418 g/mol. The number of phenols is 2. The van der Waals surface area contributed by atoms with E-state index in [9.17, 15) is 15.0 Å². The number of allylic oxidation sites excluding steroid dienone is 1. The minimum Gasteiger partial charge on any atom is -0.508 e. The van der Waals surface area contributed by atoms with E-state index >= 15 is 0 Å². The standard InChI is InChI=1S/C27H23NO5/c1-15(2)32-18-10-8-16(9-11-18)26-20(19-6-4-5-7-21(19)28(26)3)14-24-27(31)25-22(30)12-17(29)13-23(25)33-24/h4-15,29-30H,1-3H3/b24-14-. The molecule has 4 aromatic rings. The highest BCUT2D eigenvalue weighted by Gasteiger charge is 2.32. The van der Waals surface area contributed by atoms with Gasteiger partial charge in [-0.05, 0) is 55.8 Å². The molecule has 3 aromatic carbocycles. The highest BCUT2D eigenvalue weighted by molar-refractivity contribution is 6.17. The molecule has 0 fully saturated rings. The second kappa shape index (κ2) is 7.74. The molecule has 0 aliphatic carbocycles. The molecule has 2 N–H and O–H groups in total. The third-order valence-corrected chi connectivity index (χ3v) is 5.66. The molecule has 0 saturated carbocycles. The molecule has 0 radical (unpaired) electrons. The van der Waals surface area contributed by atoms with Crippen LogP contribution in [-0.2, 0) is 7.05 Å². The first-order chi connectivity index (χ1) is 15.8. The number of aryl methyl sites for hydroxylation is 1. The van der Waals surface area contributed by atoms with Crippen molar-refractivity contribution in [2.45, 2.75) is 20.0 Å². The third kappa shape index (κ3) is 3.49. The lowest BCUT2D eigenvalue weighted by Gasteiger charge is -2.11. The molecule has 0 saturated heterocycles. The number of Topliss-reactive ketones (excluding diaryl/α,β-unsaturated/α-hetero) is 1. The molecule has 5 rings (SSSR count). The fourth-order valence-corrected chi connectivity index (χ4v) is 4.29. The summed E-state index contributed by atoms with van der Waals surface area (Å²) >= 11 is 0. The number of rotatable bonds is 4. The Balaban J connectivity index is 1.66. The summed E-state index contributed by atoms with van der Waals surface area (Å²) in [7, 11) is 1.98. The number of fused-ring (bicyclic) bond motifs is 2. The van der Waals surface area contributed by atoms with Crippen LogP contribution < -0.4 is 9.47 Å². The van der Waals surface area contributed by atoms with Gasteiger partial charge in [-0.25, -0.2) is 0 Å². The molecule has 0 unspecified atom stereocenters. The van der Waals surface area contributed by atoms with Crippen LogP contribution >= 0.6 is 0 Å². The molecule has 6 heteroatoms. The maximum absolute atomic E-state index is 13.0. The Morgan fingerprint density at radius 1 is 1.03 bits per heavy atom. The molecular formula is C27H23NO5. The van der Waals surface area contributed by atoms with Gasteiger partial charge in [0.1, 0.15) is 28.6 Å². The topological polar surface area (TPSA) is 80.9 Å². The molecule has 33 heavy (non-hydrogen) atoms. The van der Waals surface area contributed by atoms with E-state index in [4.69, 9.17) is 9.47 Å². The Hall–Kier alpha value is -4.19. The van der Waals surface area contributed by atoms with Crippen molar-refractivity contribution in [3.63, 3.8) is 0 Å². The number of ether oxygens (including phenoxy) is 2. The Bertz CT molecular complexity index is 1430. The molecule has 0 spiro atoms. The van der Waals surface area contributed by atoms with Gasteiger partial charge in [-0.1, -0.05) is 18.2 Å². The summed E-state index contributed by atoms with van der Waals surface area (Å²) in [5.74, 6) is 0.102. The number of phenolic OH excluding ortho intramolecular Hbond substituents is 2. The fraction of sp³-hybridized carbons (Fsp3) is 0.148. The van der Waals surface area contributed by atoms with E-state index in [1.807, 2.05) is 69.4 Å². The van der Waals surface area contributed by atoms with Gasteiger partial charge >= 0.3 is 0 Å². The van der Waals surface area contributed by atoms with Crippen LogP contribution in [0.5, 0.6) is 23.0 Å². The molecule has 0 amide bonds. The first-order valence-electron chi connectivity index (χ1n) is 10.7. The quantitative estimate of drug-likeness (QED) is 0.400. The summed E-state index contributed by atoms with van der Waals surface area (Å²) < 4.78 is 13.6. The number of aromatic nitrogens is 1. The normalized spacial score (nSPS) is 14.2. The highest BCUT2D eigenvalue weighted by atomic mass is 16.5. The Kier molecular flexibility index (Phi) is 4.86. The maximum Gasteiger partial charge on any atom is 0.235 e. The van der Waals surface area contributed by atoms with Crippen molar-refractivity contribution >= 4 is 22.8 Å². The Morgan fingerprint density at radius 3 is 2.48 bits per heavy atom. The minimum absolute atomic E-state index is 0.0519. The lowest BCUT2D eigenvalue weighted by Crippen LogP contribution is -2.05. The van der Waals surface area contributed by atoms with Crippen LogP contribution in [0.15, 0.2) is 66.4 Å².